The first kappa shape index (κ1) is 13.4. The van der Waals surface area contributed by atoms with Crippen LogP contribution in [-0.2, 0) is 4.79 Å². The molecular weight excluding hydrogens is 198 g/mol. The highest BCUT2D eigenvalue weighted by Crippen LogP contribution is 2.32. The minimum Gasteiger partial charge on any atom is -0.316 e. The molecule has 0 aromatic heterocycles. The van der Waals surface area contributed by atoms with E-state index in [4.69, 9.17) is 0 Å². The first-order valence-corrected chi connectivity index (χ1v) is 6.60. The Labute approximate surface area is 99.5 Å². The SMILES string of the molecule is C=CCCCCCC(=O)C1(CC)CCNC1. The summed E-state index contributed by atoms with van der Waals surface area (Å²) in [5, 5.41) is 3.32. The van der Waals surface area contributed by atoms with Crippen molar-refractivity contribution in [3.63, 3.8) is 0 Å². The highest BCUT2D eigenvalue weighted by atomic mass is 16.1. The molecule has 0 aliphatic carbocycles. The number of carbonyl (C=O) groups excluding carboxylic acids is 1. The van der Waals surface area contributed by atoms with Crippen LogP contribution in [0.5, 0.6) is 0 Å². The fourth-order valence-corrected chi connectivity index (χ4v) is 2.50. The number of ketones is 1. The van der Waals surface area contributed by atoms with Crippen LogP contribution in [0.4, 0.5) is 0 Å². The third-order valence-corrected chi connectivity index (χ3v) is 3.82. The minimum absolute atomic E-state index is 0.0293. The summed E-state index contributed by atoms with van der Waals surface area (Å²) in [6, 6.07) is 0. The Morgan fingerprint density at radius 2 is 2.25 bits per heavy atom. The molecule has 0 radical (unpaired) electrons. The Morgan fingerprint density at radius 3 is 2.81 bits per heavy atom. The lowest BCUT2D eigenvalue weighted by Gasteiger charge is -2.24. The largest absolute Gasteiger partial charge is 0.316 e. The molecule has 16 heavy (non-hydrogen) atoms. The van der Waals surface area contributed by atoms with Crippen molar-refractivity contribution in [2.75, 3.05) is 13.1 Å². The van der Waals surface area contributed by atoms with Gasteiger partial charge < -0.3 is 5.32 Å². The molecule has 1 N–H and O–H groups in total. The van der Waals surface area contributed by atoms with Gasteiger partial charge in [-0.2, -0.15) is 0 Å². The molecule has 0 saturated carbocycles. The molecule has 0 aromatic carbocycles. The maximum atomic E-state index is 12.2. The molecule has 1 unspecified atom stereocenters. The summed E-state index contributed by atoms with van der Waals surface area (Å²) in [5.41, 5.74) is -0.0293. The number of hydrogen-bond acceptors (Lipinski definition) is 2. The van der Waals surface area contributed by atoms with E-state index in [1.807, 2.05) is 6.08 Å². The van der Waals surface area contributed by atoms with E-state index in [9.17, 15) is 4.79 Å². The molecule has 1 fully saturated rings. The Balaban J connectivity index is 2.25. The van der Waals surface area contributed by atoms with Crippen LogP contribution in [0.25, 0.3) is 0 Å². The lowest BCUT2D eigenvalue weighted by molar-refractivity contribution is -0.128. The third kappa shape index (κ3) is 3.44. The van der Waals surface area contributed by atoms with Crippen LogP contribution in [0.3, 0.4) is 0 Å². The Kier molecular flexibility index (Phi) is 5.75. The summed E-state index contributed by atoms with van der Waals surface area (Å²) in [6.07, 6.45) is 9.21. The van der Waals surface area contributed by atoms with Crippen molar-refractivity contribution in [3.8, 4) is 0 Å². The maximum Gasteiger partial charge on any atom is 0.140 e. The molecule has 0 aromatic rings. The summed E-state index contributed by atoms with van der Waals surface area (Å²) in [5.74, 6) is 0.485. The van der Waals surface area contributed by atoms with Gasteiger partial charge in [0, 0.05) is 18.4 Å². The summed E-state index contributed by atoms with van der Waals surface area (Å²) in [6.45, 7) is 7.75. The van der Waals surface area contributed by atoms with E-state index in [0.717, 1.165) is 51.6 Å². The molecule has 1 saturated heterocycles. The molecule has 1 heterocycles. The van der Waals surface area contributed by atoms with Gasteiger partial charge in [-0.15, -0.1) is 6.58 Å². The van der Waals surface area contributed by atoms with Crippen LogP contribution in [0, 0.1) is 5.41 Å². The van der Waals surface area contributed by atoms with Gasteiger partial charge in [-0.3, -0.25) is 4.79 Å². The summed E-state index contributed by atoms with van der Waals surface area (Å²) in [4.78, 5) is 12.2. The van der Waals surface area contributed by atoms with E-state index in [2.05, 4.69) is 18.8 Å². The minimum atomic E-state index is -0.0293. The molecular formula is C14H25NO. The monoisotopic (exact) mass is 223 g/mol. The van der Waals surface area contributed by atoms with Crippen molar-refractivity contribution < 1.29 is 4.79 Å². The average molecular weight is 223 g/mol. The Bertz CT molecular complexity index is 229. The van der Waals surface area contributed by atoms with Gasteiger partial charge in [0.2, 0.25) is 0 Å². The number of unbranched alkanes of at least 4 members (excludes halogenated alkanes) is 3. The van der Waals surface area contributed by atoms with Gasteiger partial charge in [0.05, 0.1) is 0 Å². The van der Waals surface area contributed by atoms with Gasteiger partial charge in [-0.1, -0.05) is 19.4 Å². The molecule has 1 rings (SSSR count). The standard InChI is InChI=1S/C14H25NO/c1-3-5-6-7-8-9-13(16)14(4-2)10-11-15-12-14/h3,15H,1,4-12H2,2H3. The van der Waals surface area contributed by atoms with Crippen LogP contribution in [0.2, 0.25) is 0 Å². The van der Waals surface area contributed by atoms with Crippen molar-refractivity contribution >= 4 is 5.78 Å². The molecule has 0 amide bonds. The third-order valence-electron chi connectivity index (χ3n) is 3.82. The quantitative estimate of drug-likeness (QED) is 0.506. The van der Waals surface area contributed by atoms with E-state index in [0.29, 0.717) is 5.78 Å². The molecule has 2 heteroatoms. The molecule has 0 bridgehead atoms. The van der Waals surface area contributed by atoms with Crippen LogP contribution in [0.1, 0.15) is 51.9 Å². The van der Waals surface area contributed by atoms with Crippen LogP contribution in [0.15, 0.2) is 12.7 Å². The lowest BCUT2D eigenvalue weighted by atomic mass is 9.78. The van der Waals surface area contributed by atoms with Gasteiger partial charge in [-0.25, -0.2) is 0 Å². The first-order valence-electron chi connectivity index (χ1n) is 6.60. The second-order valence-corrected chi connectivity index (χ2v) is 4.87. The molecule has 1 aliphatic rings. The highest BCUT2D eigenvalue weighted by Gasteiger charge is 2.38. The topological polar surface area (TPSA) is 29.1 Å². The average Bonchev–Trinajstić information content (AvgIpc) is 2.78. The summed E-state index contributed by atoms with van der Waals surface area (Å²) in [7, 11) is 0. The molecule has 1 atom stereocenters. The predicted molar refractivity (Wildman–Crippen MR) is 68.5 cm³/mol. The summed E-state index contributed by atoms with van der Waals surface area (Å²) < 4.78 is 0. The van der Waals surface area contributed by atoms with Gasteiger partial charge >= 0.3 is 0 Å². The van der Waals surface area contributed by atoms with Crippen molar-refractivity contribution in [1.29, 1.82) is 0 Å². The zero-order valence-corrected chi connectivity index (χ0v) is 10.6. The van der Waals surface area contributed by atoms with Crippen LogP contribution >= 0.6 is 0 Å². The number of hydrogen-bond donors (Lipinski definition) is 1. The number of allylic oxidation sites excluding steroid dienone is 1. The number of nitrogens with one attached hydrogen (secondary N) is 1. The van der Waals surface area contributed by atoms with E-state index in [-0.39, 0.29) is 5.41 Å². The van der Waals surface area contributed by atoms with E-state index < -0.39 is 0 Å². The Hall–Kier alpha value is -0.630. The number of carbonyl (C=O) groups is 1. The van der Waals surface area contributed by atoms with Gasteiger partial charge in [0.15, 0.2) is 0 Å². The second kappa shape index (κ2) is 6.85. The molecule has 1 aliphatic heterocycles. The van der Waals surface area contributed by atoms with E-state index >= 15 is 0 Å². The predicted octanol–water partition coefficient (Wildman–Crippen LogP) is 3.08. The normalized spacial score (nSPS) is 24.6. The molecule has 2 nitrogen and oxygen atoms in total. The second-order valence-electron chi connectivity index (χ2n) is 4.87. The summed E-state index contributed by atoms with van der Waals surface area (Å²) >= 11 is 0. The smallest absolute Gasteiger partial charge is 0.140 e. The zero-order valence-electron chi connectivity index (χ0n) is 10.6. The van der Waals surface area contributed by atoms with E-state index in [1.165, 1.54) is 6.42 Å². The van der Waals surface area contributed by atoms with Crippen molar-refractivity contribution in [2.24, 2.45) is 5.41 Å². The van der Waals surface area contributed by atoms with Crippen molar-refractivity contribution in [1.82, 2.24) is 5.32 Å². The Morgan fingerprint density at radius 1 is 1.44 bits per heavy atom. The first-order chi connectivity index (χ1) is 7.75. The van der Waals surface area contributed by atoms with Crippen molar-refractivity contribution in [3.05, 3.63) is 12.7 Å². The fourth-order valence-electron chi connectivity index (χ4n) is 2.50. The number of rotatable bonds is 8. The highest BCUT2D eigenvalue weighted by molar-refractivity contribution is 5.85. The van der Waals surface area contributed by atoms with Gasteiger partial charge in [-0.05, 0) is 38.6 Å². The zero-order chi connectivity index (χ0) is 11.9. The van der Waals surface area contributed by atoms with Crippen molar-refractivity contribution in [2.45, 2.75) is 51.9 Å². The molecule has 92 valence electrons. The van der Waals surface area contributed by atoms with Crippen LogP contribution in [-0.4, -0.2) is 18.9 Å². The van der Waals surface area contributed by atoms with E-state index in [1.54, 1.807) is 0 Å². The van der Waals surface area contributed by atoms with Gasteiger partial charge in [0.1, 0.15) is 5.78 Å². The number of Topliss-reactive ketones (excluding diaryl/α,β-unsaturated/α-hetero) is 1. The lowest BCUT2D eigenvalue weighted by Crippen LogP contribution is -2.32. The fraction of sp³-hybridized carbons (Fsp3) is 0.786. The maximum absolute atomic E-state index is 12.2. The van der Waals surface area contributed by atoms with Crippen LogP contribution < -0.4 is 5.32 Å². The van der Waals surface area contributed by atoms with Gasteiger partial charge in [0.25, 0.3) is 0 Å². The molecule has 0 spiro atoms.